The van der Waals surface area contributed by atoms with Crippen LogP contribution in [0.5, 0.6) is 5.75 Å². The number of benzene rings is 1. The van der Waals surface area contributed by atoms with Gasteiger partial charge in [-0.3, -0.25) is 0 Å². The van der Waals surface area contributed by atoms with Crippen LogP contribution >= 0.6 is 11.6 Å². The van der Waals surface area contributed by atoms with Crippen molar-refractivity contribution in [1.82, 2.24) is 0 Å². The molecule has 0 aromatic heterocycles. The van der Waals surface area contributed by atoms with E-state index in [1.807, 2.05) is 19.1 Å². The maximum Gasteiger partial charge on any atom is 0.119 e. The van der Waals surface area contributed by atoms with Crippen LogP contribution in [0, 0.1) is 6.92 Å². The first-order valence-electron chi connectivity index (χ1n) is 4.22. The average molecular weight is 200 g/mol. The molecule has 0 radical (unpaired) electrons. The van der Waals surface area contributed by atoms with Crippen LogP contribution in [-0.2, 0) is 6.42 Å². The van der Waals surface area contributed by atoms with Crippen molar-refractivity contribution in [2.24, 2.45) is 5.73 Å². The zero-order valence-electron chi connectivity index (χ0n) is 7.93. The van der Waals surface area contributed by atoms with E-state index in [1.165, 1.54) is 0 Å². The highest BCUT2D eigenvalue weighted by Crippen LogP contribution is 2.26. The molecule has 1 aromatic carbocycles. The highest BCUT2D eigenvalue weighted by Gasteiger charge is 2.05. The Balaban J connectivity index is 3.09. The van der Waals surface area contributed by atoms with Gasteiger partial charge in [0.1, 0.15) is 5.75 Å². The Morgan fingerprint density at radius 1 is 1.46 bits per heavy atom. The van der Waals surface area contributed by atoms with Crippen molar-refractivity contribution >= 4 is 11.6 Å². The molecule has 0 heterocycles. The average Bonchev–Trinajstić information content (AvgIpc) is 2.13. The Hall–Kier alpha value is -0.730. The third-order valence-electron chi connectivity index (χ3n) is 1.95. The monoisotopic (exact) mass is 199 g/mol. The first-order valence-corrected chi connectivity index (χ1v) is 4.60. The maximum atomic E-state index is 6.09. The summed E-state index contributed by atoms with van der Waals surface area (Å²) in [6.45, 7) is 2.57. The molecule has 0 amide bonds. The Morgan fingerprint density at radius 2 is 2.15 bits per heavy atom. The maximum absolute atomic E-state index is 6.09. The van der Waals surface area contributed by atoms with Gasteiger partial charge in [-0.05, 0) is 43.1 Å². The summed E-state index contributed by atoms with van der Waals surface area (Å²) in [5.41, 5.74) is 7.56. The molecule has 0 atom stereocenters. The lowest BCUT2D eigenvalue weighted by molar-refractivity contribution is 0.414. The van der Waals surface area contributed by atoms with Crippen molar-refractivity contribution in [2.45, 2.75) is 13.3 Å². The van der Waals surface area contributed by atoms with Crippen molar-refractivity contribution in [2.75, 3.05) is 13.7 Å². The number of halogens is 1. The van der Waals surface area contributed by atoms with Gasteiger partial charge in [0.25, 0.3) is 0 Å². The van der Waals surface area contributed by atoms with Crippen LogP contribution in [0.25, 0.3) is 0 Å². The standard InChI is InChI=1S/C10H14ClNO/c1-7-5-9(13-2)6-8(3-4-12)10(7)11/h5-6H,3-4,12H2,1-2H3. The normalized spacial score (nSPS) is 10.2. The highest BCUT2D eigenvalue weighted by molar-refractivity contribution is 6.32. The molecule has 2 N–H and O–H groups in total. The molecular weight excluding hydrogens is 186 g/mol. The number of rotatable bonds is 3. The molecule has 0 fully saturated rings. The predicted octanol–water partition coefficient (Wildman–Crippen LogP) is 2.16. The molecule has 3 heteroatoms. The van der Waals surface area contributed by atoms with E-state index in [0.717, 1.165) is 28.3 Å². The number of aryl methyl sites for hydroxylation is 1. The van der Waals surface area contributed by atoms with Gasteiger partial charge in [-0.15, -0.1) is 0 Å². The van der Waals surface area contributed by atoms with E-state index in [0.29, 0.717) is 6.54 Å². The first kappa shape index (κ1) is 10.4. The summed E-state index contributed by atoms with van der Waals surface area (Å²) < 4.78 is 5.14. The van der Waals surface area contributed by atoms with Gasteiger partial charge in [-0.1, -0.05) is 11.6 Å². The van der Waals surface area contributed by atoms with Gasteiger partial charge in [-0.25, -0.2) is 0 Å². The summed E-state index contributed by atoms with van der Waals surface area (Å²) in [6.07, 6.45) is 0.789. The Labute approximate surface area is 83.6 Å². The molecule has 0 spiro atoms. The van der Waals surface area contributed by atoms with Gasteiger partial charge in [0, 0.05) is 5.02 Å². The van der Waals surface area contributed by atoms with Gasteiger partial charge in [0.2, 0.25) is 0 Å². The van der Waals surface area contributed by atoms with E-state index in [1.54, 1.807) is 7.11 Å². The summed E-state index contributed by atoms with van der Waals surface area (Å²) in [4.78, 5) is 0. The predicted molar refractivity (Wildman–Crippen MR) is 55.5 cm³/mol. The Morgan fingerprint density at radius 3 is 2.69 bits per heavy atom. The number of ether oxygens (including phenoxy) is 1. The second-order valence-corrected chi connectivity index (χ2v) is 3.33. The van der Waals surface area contributed by atoms with Crippen molar-refractivity contribution < 1.29 is 4.74 Å². The third kappa shape index (κ3) is 2.36. The van der Waals surface area contributed by atoms with E-state index in [2.05, 4.69) is 0 Å². The fourth-order valence-corrected chi connectivity index (χ4v) is 1.47. The number of methoxy groups -OCH3 is 1. The number of nitrogens with two attached hydrogens (primary N) is 1. The van der Waals surface area contributed by atoms with Crippen LogP contribution in [0.4, 0.5) is 0 Å². The quantitative estimate of drug-likeness (QED) is 0.810. The van der Waals surface area contributed by atoms with Crippen LogP contribution in [0.3, 0.4) is 0 Å². The molecule has 1 rings (SSSR count). The van der Waals surface area contributed by atoms with E-state index in [9.17, 15) is 0 Å². The molecule has 0 bridgehead atoms. The van der Waals surface area contributed by atoms with Crippen molar-refractivity contribution in [3.05, 3.63) is 28.3 Å². The smallest absolute Gasteiger partial charge is 0.119 e. The van der Waals surface area contributed by atoms with E-state index < -0.39 is 0 Å². The lowest BCUT2D eigenvalue weighted by Gasteiger charge is -2.08. The van der Waals surface area contributed by atoms with E-state index in [-0.39, 0.29) is 0 Å². The summed E-state index contributed by atoms with van der Waals surface area (Å²) in [6, 6.07) is 3.85. The lowest BCUT2D eigenvalue weighted by Crippen LogP contribution is -2.04. The minimum atomic E-state index is 0.603. The molecule has 0 saturated heterocycles. The van der Waals surface area contributed by atoms with Crippen LogP contribution in [0.2, 0.25) is 5.02 Å². The Bertz CT molecular complexity index is 299. The van der Waals surface area contributed by atoms with Crippen molar-refractivity contribution in [3.63, 3.8) is 0 Å². The molecule has 0 aliphatic carbocycles. The largest absolute Gasteiger partial charge is 0.497 e. The van der Waals surface area contributed by atoms with E-state index >= 15 is 0 Å². The van der Waals surface area contributed by atoms with Gasteiger partial charge >= 0.3 is 0 Å². The topological polar surface area (TPSA) is 35.2 Å². The number of hydrogen-bond donors (Lipinski definition) is 1. The Kier molecular flexibility index (Phi) is 3.58. The molecule has 1 aromatic rings. The van der Waals surface area contributed by atoms with Crippen LogP contribution < -0.4 is 10.5 Å². The molecule has 72 valence electrons. The molecular formula is C10H14ClNO. The van der Waals surface area contributed by atoms with Gasteiger partial charge < -0.3 is 10.5 Å². The first-order chi connectivity index (χ1) is 6.19. The molecule has 2 nitrogen and oxygen atoms in total. The van der Waals surface area contributed by atoms with E-state index in [4.69, 9.17) is 22.1 Å². The summed E-state index contributed by atoms with van der Waals surface area (Å²) in [7, 11) is 1.65. The fourth-order valence-electron chi connectivity index (χ4n) is 1.26. The van der Waals surface area contributed by atoms with Crippen LogP contribution in [0.15, 0.2) is 12.1 Å². The highest BCUT2D eigenvalue weighted by atomic mass is 35.5. The lowest BCUT2D eigenvalue weighted by atomic mass is 10.1. The molecule has 0 aliphatic heterocycles. The second-order valence-electron chi connectivity index (χ2n) is 2.96. The summed E-state index contributed by atoms with van der Waals surface area (Å²) in [5.74, 6) is 0.838. The van der Waals surface area contributed by atoms with Crippen molar-refractivity contribution in [1.29, 1.82) is 0 Å². The third-order valence-corrected chi connectivity index (χ3v) is 2.49. The molecule has 0 saturated carbocycles. The molecule has 0 aliphatic rings. The number of hydrogen-bond acceptors (Lipinski definition) is 2. The van der Waals surface area contributed by atoms with Gasteiger partial charge in [0.05, 0.1) is 7.11 Å². The van der Waals surface area contributed by atoms with Crippen LogP contribution in [0.1, 0.15) is 11.1 Å². The fraction of sp³-hybridized carbons (Fsp3) is 0.400. The van der Waals surface area contributed by atoms with Crippen LogP contribution in [-0.4, -0.2) is 13.7 Å². The molecule has 0 unspecified atom stereocenters. The summed E-state index contributed by atoms with van der Waals surface area (Å²) in [5, 5.41) is 0.797. The minimum Gasteiger partial charge on any atom is -0.497 e. The zero-order valence-corrected chi connectivity index (χ0v) is 8.69. The molecule has 13 heavy (non-hydrogen) atoms. The SMILES string of the molecule is COc1cc(C)c(Cl)c(CCN)c1. The second kappa shape index (κ2) is 4.49. The minimum absolute atomic E-state index is 0.603. The van der Waals surface area contributed by atoms with Gasteiger partial charge in [-0.2, -0.15) is 0 Å². The van der Waals surface area contributed by atoms with Crippen molar-refractivity contribution in [3.8, 4) is 5.75 Å². The zero-order chi connectivity index (χ0) is 9.84. The van der Waals surface area contributed by atoms with Gasteiger partial charge in [0.15, 0.2) is 0 Å². The summed E-state index contributed by atoms with van der Waals surface area (Å²) >= 11 is 6.09.